The van der Waals surface area contributed by atoms with E-state index in [2.05, 4.69) is 25.8 Å². The van der Waals surface area contributed by atoms with Crippen LogP contribution in [0.4, 0.5) is 16.3 Å². The Labute approximate surface area is 177 Å². The van der Waals surface area contributed by atoms with Crippen molar-refractivity contribution >= 4 is 40.7 Å². The van der Waals surface area contributed by atoms with E-state index in [9.17, 15) is 4.79 Å². The lowest BCUT2D eigenvalue weighted by Gasteiger charge is -2.35. The van der Waals surface area contributed by atoms with Crippen LogP contribution in [0, 0.1) is 6.92 Å². The maximum atomic E-state index is 12.6. The third-order valence-electron chi connectivity index (χ3n) is 4.70. The van der Waals surface area contributed by atoms with E-state index < -0.39 is 0 Å². The highest BCUT2D eigenvalue weighted by Crippen LogP contribution is 2.27. The Kier molecular flexibility index (Phi) is 5.50. The second-order valence-corrected chi connectivity index (χ2v) is 7.46. The molecule has 0 atom stereocenters. The van der Waals surface area contributed by atoms with E-state index in [1.54, 1.807) is 21.8 Å². The molecule has 1 aliphatic rings. The van der Waals surface area contributed by atoms with Gasteiger partial charge < -0.3 is 15.1 Å². The minimum Gasteiger partial charge on any atom is -0.352 e. The summed E-state index contributed by atoms with van der Waals surface area (Å²) in [4.78, 5) is 20.8. The van der Waals surface area contributed by atoms with Crippen molar-refractivity contribution < 1.29 is 4.79 Å². The van der Waals surface area contributed by atoms with E-state index in [-0.39, 0.29) is 6.03 Å². The second-order valence-electron chi connectivity index (χ2n) is 6.62. The summed E-state index contributed by atoms with van der Waals surface area (Å²) in [5.74, 6) is 0.685. The number of pyridine rings is 1. The zero-order valence-corrected chi connectivity index (χ0v) is 17.1. The number of carbonyl (C=O) groups is 1. The molecule has 2 amide bonds. The number of hydrogen-bond donors (Lipinski definition) is 1. The summed E-state index contributed by atoms with van der Waals surface area (Å²) in [7, 11) is 0. The monoisotopic (exact) mass is 432 g/mol. The van der Waals surface area contributed by atoms with Gasteiger partial charge in [-0.3, -0.25) is 0 Å². The number of nitrogens with one attached hydrogen (secondary N) is 1. The molecule has 1 aliphatic heterocycles. The van der Waals surface area contributed by atoms with Gasteiger partial charge in [0, 0.05) is 38.1 Å². The predicted octanol–water partition coefficient (Wildman–Crippen LogP) is 3.03. The molecule has 0 bridgehead atoms. The molecule has 4 rings (SSSR count). The molecular weight excluding hydrogens is 415 g/mol. The van der Waals surface area contributed by atoms with Crippen LogP contribution in [0.15, 0.2) is 36.8 Å². The number of anilines is 2. The molecular formula is C18H18Cl2N8O. The first-order valence-corrected chi connectivity index (χ1v) is 9.73. The fourth-order valence-corrected chi connectivity index (χ4v) is 3.73. The largest absolute Gasteiger partial charge is 0.352 e. The molecule has 29 heavy (non-hydrogen) atoms. The highest BCUT2D eigenvalue weighted by atomic mass is 35.5. The number of nitrogens with zero attached hydrogens (tertiary/aromatic N) is 7. The fourth-order valence-electron chi connectivity index (χ4n) is 3.23. The molecule has 3 aromatic rings. The molecule has 0 spiro atoms. The minimum atomic E-state index is -0.144. The number of amides is 2. The van der Waals surface area contributed by atoms with Crippen LogP contribution in [-0.2, 0) is 0 Å². The third kappa shape index (κ3) is 4.25. The topological polar surface area (TPSA) is 92.1 Å². The summed E-state index contributed by atoms with van der Waals surface area (Å²) >= 11 is 12.1. The standard InChI is InChI=1S/C18H18Cl2N8O/c1-12-8-14(2-3-16(12)28-11-22-24-25-28)23-18(29)27-6-4-26(5-7-27)17-15(20)9-13(19)10-21-17/h2-3,8-11H,4-7H2,1H3,(H,23,29). The van der Waals surface area contributed by atoms with Crippen molar-refractivity contribution in [1.82, 2.24) is 30.1 Å². The zero-order chi connectivity index (χ0) is 20.4. The summed E-state index contributed by atoms with van der Waals surface area (Å²) in [5, 5.41) is 15.1. The number of benzene rings is 1. The highest BCUT2D eigenvalue weighted by molar-refractivity contribution is 6.36. The number of rotatable bonds is 3. The van der Waals surface area contributed by atoms with E-state index in [1.165, 1.54) is 6.33 Å². The van der Waals surface area contributed by atoms with Gasteiger partial charge in [0.25, 0.3) is 0 Å². The summed E-state index contributed by atoms with van der Waals surface area (Å²) < 4.78 is 1.58. The first-order chi connectivity index (χ1) is 14.0. The molecule has 1 fully saturated rings. The van der Waals surface area contributed by atoms with Crippen LogP contribution in [0.5, 0.6) is 0 Å². The van der Waals surface area contributed by atoms with Gasteiger partial charge in [0.15, 0.2) is 0 Å². The second kappa shape index (κ2) is 8.22. The van der Waals surface area contributed by atoms with Crippen molar-refractivity contribution in [2.45, 2.75) is 6.92 Å². The van der Waals surface area contributed by atoms with Crippen LogP contribution >= 0.6 is 23.2 Å². The third-order valence-corrected chi connectivity index (χ3v) is 5.18. The van der Waals surface area contributed by atoms with Crippen molar-refractivity contribution in [3.63, 3.8) is 0 Å². The van der Waals surface area contributed by atoms with Crippen molar-refractivity contribution in [2.24, 2.45) is 0 Å². The number of halogens is 2. The van der Waals surface area contributed by atoms with Crippen molar-refractivity contribution in [2.75, 3.05) is 36.4 Å². The smallest absolute Gasteiger partial charge is 0.321 e. The Morgan fingerprint density at radius 3 is 2.59 bits per heavy atom. The van der Waals surface area contributed by atoms with Gasteiger partial charge in [-0.2, -0.15) is 0 Å². The number of tetrazole rings is 1. The van der Waals surface area contributed by atoms with Crippen LogP contribution in [0.1, 0.15) is 5.56 Å². The number of urea groups is 1. The van der Waals surface area contributed by atoms with Gasteiger partial charge in [0.05, 0.1) is 15.7 Å². The molecule has 2 aromatic heterocycles. The Morgan fingerprint density at radius 1 is 1.14 bits per heavy atom. The first-order valence-electron chi connectivity index (χ1n) is 8.97. The Morgan fingerprint density at radius 2 is 1.93 bits per heavy atom. The maximum Gasteiger partial charge on any atom is 0.321 e. The van der Waals surface area contributed by atoms with Crippen LogP contribution in [0.2, 0.25) is 10.0 Å². The molecule has 0 radical (unpaired) electrons. The summed E-state index contributed by atoms with van der Waals surface area (Å²) in [6, 6.07) is 7.12. The van der Waals surface area contributed by atoms with Gasteiger partial charge in [-0.1, -0.05) is 23.2 Å². The normalized spacial score (nSPS) is 14.2. The number of carbonyl (C=O) groups excluding carboxylic acids is 1. The number of aryl methyl sites for hydroxylation is 1. The number of piperazine rings is 1. The van der Waals surface area contributed by atoms with E-state index in [4.69, 9.17) is 23.2 Å². The number of hydrogen-bond acceptors (Lipinski definition) is 6. The molecule has 3 heterocycles. The number of aromatic nitrogens is 5. The van der Waals surface area contributed by atoms with E-state index >= 15 is 0 Å². The van der Waals surface area contributed by atoms with Crippen LogP contribution in [0.3, 0.4) is 0 Å². The van der Waals surface area contributed by atoms with E-state index in [1.807, 2.05) is 30.0 Å². The van der Waals surface area contributed by atoms with Crippen LogP contribution in [-0.4, -0.2) is 62.3 Å². The maximum absolute atomic E-state index is 12.6. The molecule has 1 saturated heterocycles. The van der Waals surface area contributed by atoms with Crippen molar-refractivity contribution in [1.29, 1.82) is 0 Å². The Bertz CT molecular complexity index is 1020. The van der Waals surface area contributed by atoms with Crippen molar-refractivity contribution in [3.8, 4) is 5.69 Å². The first kappa shape index (κ1) is 19.4. The lowest BCUT2D eigenvalue weighted by molar-refractivity contribution is 0.208. The Hall–Kier alpha value is -2.91. The molecule has 150 valence electrons. The minimum absolute atomic E-state index is 0.144. The predicted molar refractivity (Wildman–Crippen MR) is 111 cm³/mol. The van der Waals surface area contributed by atoms with E-state index in [0.29, 0.717) is 47.7 Å². The average Bonchev–Trinajstić information content (AvgIpc) is 3.23. The molecule has 9 nitrogen and oxygen atoms in total. The van der Waals surface area contributed by atoms with Crippen LogP contribution in [0.25, 0.3) is 5.69 Å². The molecule has 0 unspecified atom stereocenters. The molecule has 11 heteroatoms. The van der Waals surface area contributed by atoms with Gasteiger partial charge in [-0.05, 0) is 47.2 Å². The SMILES string of the molecule is Cc1cc(NC(=O)N2CCN(c3ncc(Cl)cc3Cl)CC2)ccc1-n1cnnn1. The van der Waals surface area contributed by atoms with Gasteiger partial charge in [0.1, 0.15) is 12.1 Å². The summed E-state index contributed by atoms with van der Waals surface area (Å²) in [6.45, 7) is 4.34. The zero-order valence-electron chi connectivity index (χ0n) is 15.6. The van der Waals surface area contributed by atoms with E-state index in [0.717, 1.165) is 11.3 Å². The lowest BCUT2D eigenvalue weighted by Crippen LogP contribution is -2.50. The van der Waals surface area contributed by atoms with Gasteiger partial charge >= 0.3 is 6.03 Å². The fraction of sp³-hybridized carbons (Fsp3) is 0.278. The average molecular weight is 433 g/mol. The molecule has 0 saturated carbocycles. The quantitative estimate of drug-likeness (QED) is 0.683. The molecule has 1 N–H and O–H groups in total. The van der Waals surface area contributed by atoms with Gasteiger partial charge in [-0.25, -0.2) is 14.5 Å². The van der Waals surface area contributed by atoms with Gasteiger partial charge in [0.2, 0.25) is 0 Å². The molecule has 0 aliphatic carbocycles. The summed E-state index contributed by atoms with van der Waals surface area (Å²) in [5.41, 5.74) is 2.52. The Balaban J connectivity index is 1.37. The molecule has 1 aromatic carbocycles. The lowest BCUT2D eigenvalue weighted by atomic mass is 10.2. The van der Waals surface area contributed by atoms with Gasteiger partial charge in [-0.15, -0.1) is 5.10 Å². The summed E-state index contributed by atoms with van der Waals surface area (Å²) in [6.07, 6.45) is 3.10. The van der Waals surface area contributed by atoms with Crippen molar-refractivity contribution in [3.05, 3.63) is 52.4 Å². The highest BCUT2D eigenvalue weighted by Gasteiger charge is 2.23. The van der Waals surface area contributed by atoms with Crippen LogP contribution < -0.4 is 10.2 Å².